The number of rotatable bonds is 3. The fraction of sp³-hybridized carbons (Fsp3) is 0.214. The molecule has 0 radical (unpaired) electrons. The van der Waals surface area contributed by atoms with E-state index in [1.807, 2.05) is 30.3 Å². The molecular formula is C14H15NO. The summed E-state index contributed by atoms with van der Waals surface area (Å²) >= 11 is 0. The number of Topliss-reactive ketones (excluding diaryl/α,β-unsaturated/α-hetero) is 1. The van der Waals surface area contributed by atoms with Gasteiger partial charge in [-0.15, -0.1) is 0 Å². The third-order valence-electron chi connectivity index (χ3n) is 2.78. The van der Waals surface area contributed by atoms with E-state index in [4.69, 9.17) is 0 Å². The van der Waals surface area contributed by atoms with Gasteiger partial charge in [0.2, 0.25) is 0 Å². The molecule has 0 aliphatic heterocycles. The molecule has 16 heavy (non-hydrogen) atoms. The highest BCUT2D eigenvalue weighted by Gasteiger charge is 2.09. The van der Waals surface area contributed by atoms with Gasteiger partial charge in [-0.3, -0.25) is 4.79 Å². The molecule has 0 aromatic heterocycles. The lowest BCUT2D eigenvalue weighted by Crippen LogP contribution is -2.18. The highest BCUT2D eigenvalue weighted by molar-refractivity contribution is 6.09. The second-order valence-corrected chi connectivity index (χ2v) is 3.93. The molecule has 2 aromatic carbocycles. The number of carbonyl (C=O) groups excluding carboxylic acids is 1. The van der Waals surface area contributed by atoms with Crippen LogP contribution in [0.3, 0.4) is 0 Å². The zero-order valence-electron chi connectivity index (χ0n) is 9.58. The van der Waals surface area contributed by atoms with Crippen LogP contribution in [0.2, 0.25) is 0 Å². The molecule has 0 heterocycles. The fourth-order valence-corrected chi connectivity index (χ4v) is 1.95. The Kier molecular flexibility index (Phi) is 3.02. The van der Waals surface area contributed by atoms with Crippen molar-refractivity contribution in [1.82, 2.24) is 5.32 Å². The highest BCUT2D eigenvalue weighted by atomic mass is 16.1. The molecule has 0 unspecified atom stereocenters. The van der Waals surface area contributed by atoms with Crippen LogP contribution in [-0.4, -0.2) is 19.4 Å². The predicted octanol–water partition coefficient (Wildman–Crippen LogP) is 2.55. The van der Waals surface area contributed by atoms with E-state index in [9.17, 15) is 4.79 Å². The van der Waals surface area contributed by atoms with E-state index in [0.29, 0.717) is 6.54 Å². The quantitative estimate of drug-likeness (QED) is 0.794. The van der Waals surface area contributed by atoms with Gasteiger partial charge in [0, 0.05) is 5.56 Å². The highest BCUT2D eigenvalue weighted by Crippen LogP contribution is 2.22. The molecule has 0 atom stereocenters. The largest absolute Gasteiger partial charge is 0.313 e. The zero-order valence-corrected chi connectivity index (χ0v) is 9.58. The van der Waals surface area contributed by atoms with Crippen molar-refractivity contribution < 1.29 is 4.79 Å². The van der Waals surface area contributed by atoms with Gasteiger partial charge in [0.05, 0.1) is 6.54 Å². The van der Waals surface area contributed by atoms with Crippen molar-refractivity contribution in [3.05, 3.63) is 47.5 Å². The first-order valence-electron chi connectivity index (χ1n) is 5.40. The average Bonchev–Trinajstić information content (AvgIpc) is 2.30. The second kappa shape index (κ2) is 4.45. The van der Waals surface area contributed by atoms with Crippen molar-refractivity contribution in [3.8, 4) is 0 Å². The van der Waals surface area contributed by atoms with E-state index >= 15 is 0 Å². The summed E-state index contributed by atoms with van der Waals surface area (Å²) in [5, 5.41) is 5.10. The lowest BCUT2D eigenvalue weighted by atomic mass is 9.98. The van der Waals surface area contributed by atoms with Gasteiger partial charge in [-0.05, 0) is 30.3 Å². The first-order chi connectivity index (χ1) is 7.74. The SMILES string of the molecule is CNCC(=O)c1ccc(C)c2ccccc12. The minimum Gasteiger partial charge on any atom is -0.313 e. The van der Waals surface area contributed by atoms with E-state index < -0.39 is 0 Å². The van der Waals surface area contributed by atoms with Crippen molar-refractivity contribution in [2.75, 3.05) is 13.6 Å². The molecule has 2 heteroatoms. The summed E-state index contributed by atoms with van der Waals surface area (Å²) < 4.78 is 0. The van der Waals surface area contributed by atoms with Gasteiger partial charge in [0.25, 0.3) is 0 Å². The van der Waals surface area contributed by atoms with Crippen LogP contribution in [0.25, 0.3) is 10.8 Å². The standard InChI is InChI=1S/C14H15NO/c1-10-7-8-13(14(16)9-15-2)12-6-4-3-5-11(10)12/h3-8,15H,9H2,1-2H3. The Hall–Kier alpha value is -1.67. The fourth-order valence-electron chi connectivity index (χ4n) is 1.95. The molecule has 0 aliphatic rings. The summed E-state index contributed by atoms with van der Waals surface area (Å²) in [6.07, 6.45) is 0. The number of likely N-dealkylation sites (N-methyl/N-ethyl adjacent to an activating group) is 1. The maximum atomic E-state index is 11.9. The Morgan fingerprint density at radius 2 is 1.81 bits per heavy atom. The summed E-state index contributed by atoms with van der Waals surface area (Å²) in [6, 6.07) is 12.0. The lowest BCUT2D eigenvalue weighted by molar-refractivity contribution is 0.0995. The van der Waals surface area contributed by atoms with Crippen LogP contribution >= 0.6 is 0 Å². The van der Waals surface area contributed by atoms with Gasteiger partial charge in [0.15, 0.2) is 5.78 Å². The minimum absolute atomic E-state index is 0.138. The van der Waals surface area contributed by atoms with Crippen molar-refractivity contribution in [2.24, 2.45) is 0 Å². The van der Waals surface area contributed by atoms with Gasteiger partial charge < -0.3 is 5.32 Å². The molecule has 0 saturated carbocycles. The minimum atomic E-state index is 0.138. The topological polar surface area (TPSA) is 29.1 Å². The van der Waals surface area contributed by atoms with Crippen LogP contribution in [0.15, 0.2) is 36.4 Å². The molecule has 82 valence electrons. The lowest BCUT2D eigenvalue weighted by Gasteiger charge is -2.07. The van der Waals surface area contributed by atoms with E-state index in [1.165, 1.54) is 5.56 Å². The zero-order chi connectivity index (χ0) is 11.5. The Labute approximate surface area is 95.3 Å². The van der Waals surface area contributed by atoms with Crippen LogP contribution in [-0.2, 0) is 0 Å². The number of aryl methyl sites for hydroxylation is 1. The number of fused-ring (bicyclic) bond motifs is 1. The van der Waals surface area contributed by atoms with Crippen LogP contribution in [0.5, 0.6) is 0 Å². The number of carbonyl (C=O) groups is 1. The van der Waals surface area contributed by atoms with Crippen LogP contribution in [0.4, 0.5) is 0 Å². The number of ketones is 1. The monoisotopic (exact) mass is 213 g/mol. The molecular weight excluding hydrogens is 198 g/mol. The normalized spacial score (nSPS) is 10.6. The van der Waals surface area contributed by atoms with Gasteiger partial charge >= 0.3 is 0 Å². The van der Waals surface area contributed by atoms with Crippen molar-refractivity contribution in [3.63, 3.8) is 0 Å². The Bertz CT molecular complexity index is 531. The summed E-state index contributed by atoms with van der Waals surface area (Å²) in [7, 11) is 1.79. The maximum absolute atomic E-state index is 11.9. The van der Waals surface area contributed by atoms with Gasteiger partial charge in [-0.2, -0.15) is 0 Å². The first-order valence-corrected chi connectivity index (χ1v) is 5.40. The summed E-state index contributed by atoms with van der Waals surface area (Å²) in [6.45, 7) is 2.45. The molecule has 0 fully saturated rings. The van der Waals surface area contributed by atoms with E-state index in [1.54, 1.807) is 7.05 Å². The average molecular weight is 213 g/mol. The van der Waals surface area contributed by atoms with Crippen LogP contribution in [0.1, 0.15) is 15.9 Å². The molecule has 1 N–H and O–H groups in total. The van der Waals surface area contributed by atoms with Crippen molar-refractivity contribution >= 4 is 16.6 Å². The molecule has 2 aromatic rings. The Morgan fingerprint density at radius 3 is 2.50 bits per heavy atom. The van der Waals surface area contributed by atoms with Gasteiger partial charge in [-0.25, -0.2) is 0 Å². The number of hydrogen-bond acceptors (Lipinski definition) is 2. The second-order valence-electron chi connectivity index (χ2n) is 3.93. The smallest absolute Gasteiger partial charge is 0.177 e. The van der Waals surface area contributed by atoms with Gasteiger partial charge in [0.1, 0.15) is 0 Å². The Balaban J connectivity index is 2.63. The molecule has 2 nitrogen and oxygen atoms in total. The van der Waals surface area contributed by atoms with Crippen LogP contribution < -0.4 is 5.32 Å². The molecule has 0 amide bonds. The predicted molar refractivity (Wildman–Crippen MR) is 66.9 cm³/mol. The molecule has 0 bridgehead atoms. The third kappa shape index (κ3) is 1.84. The van der Waals surface area contributed by atoms with Gasteiger partial charge in [-0.1, -0.05) is 36.4 Å². The first kappa shape index (κ1) is 10.8. The molecule has 0 saturated heterocycles. The molecule has 0 spiro atoms. The Morgan fingerprint density at radius 1 is 1.12 bits per heavy atom. The maximum Gasteiger partial charge on any atom is 0.177 e. The number of hydrogen-bond donors (Lipinski definition) is 1. The van der Waals surface area contributed by atoms with Crippen molar-refractivity contribution in [1.29, 1.82) is 0 Å². The summed E-state index contributed by atoms with van der Waals surface area (Å²) in [5.41, 5.74) is 2.01. The van der Waals surface area contributed by atoms with Crippen molar-refractivity contribution in [2.45, 2.75) is 6.92 Å². The third-order valence-corrected chi connectivity index (χ3v) is 2.78. The van der Waals surface area contributed by atoms with E-state index in [0.717, 1.165) is 16.3 Å². The van der Waals surface area contributed by atoms with Crippen LogP contribution in [0, 0.1) is 6.92 Å². The number of benzene rings is 2. The van der Waals surface area contributed by atoms with E-state index in [2.05, 4.69) is 18.3 Å². The van der Waals surface area contributed by atoms with E-state index in [-0.39, 0.29) is 5.78 Å². The summed E-state index contributed by atoms with van der Waals surface area (Å²) in [5.74, 6) is 0.138. The number of nitrogens with one attached hydrogen (secondary N) is 1. The molecule has 2 rings (SSSR count). The summed E-state index contributed by atoms with van der Waals surface area (Å²) in [4.78, 5) is 11.9. The molecule has 0 aliphatic carbocycles.